The summed E-state index contributed by atoms with van der Waals surface area (Å²) in [6.07, 6.45) is 8.64. The predicted octanol–water partition coefficient (Wildman–Crippen LogP) is 5.52. The first-order chi connectivity index (χ1) is 19.8. The van der Waals surface area contributed by atoms with E-state index in [1.54, 1.807) is 18.2 Å². The van der Waals surface area contributed by atoms with E-state index in [9.17, 15) is 23.1 Å². The quantitative estimate of drug-likeness (QED) is 0.199. The van der Waals surface area contributed by atoms with E-state index in [-0.39, 0.29) is 17.2 Å². The molecule has 0 aliphatic carbocycles. The van der Waals surface area contributed by atoms with Crippen LogP contribution in [0.1, 0.15) is 98.8 Å². The van der Waals surface area contributed by atoms with E-state index in [0.717, 1.165) is 48.2 Å². The smallest absolute Gasteiger partial charge is 0.323 e. The summed E-state index contributed by atoms with van der Waals surface area (Å²) in [6.45, 7) is 13.5. The Morgan fingerprint density at radius 3 is 2.36 bits per heavy atom. The van der Waals surface area contributed by atoms with Gasteiger partial charge in [0, 0.05) is 32.2 Å². The number of carbonyl (C=O) groups excluding carboxylic acids is 2. The highest BCUT2D eigenvalue weighted by Gasteiger charge is 2.32. The first-order valence-corrected chi connectivity index (χ1v) is 16.5. The van der Waals surface area contributed by atoms with E-state index < -0.39 is 21.5 Å². The number of nitrogens with one attached hydrogen (secondary N) is 3. The van der Waals surface area contributed by atoms with Crippen LogP contribution in [-0.4, -0.2) is 45.0 Å². The van der Waals surface area contributed by atoms with Crippen molar-refractivity contribution in [2.45, 2.75) is 92.9 Å². The average Bonchev–Trinajstić information content (AvgIpc) is 3.33. The largest absolute Gasteiger partial charge is 0.507 e. The molecule has 42 heavy (non-hydrogen) atoms. The molecule has 1 aliphatic rings. The van der Waals surface area contributed by atoms with E-state index in [4.69, 9.17) is 0 Å². The molecule has 9 nitrogen and oxygen atoms in total. The Bertz CT molecular complexity index is 1390. The molecule has 3 rings (SSSR count). The van der Waals surface area contributed by atoms with E-state index in [1.165, 1.54) is 50.8 Å². The van der Waals surface area contributed by atoms with E-state index >= 15 is 0 Å². The number of aromatic hydroxyl groups is 1. The minimum absolute atomic E-state index is 0.0681. The normalized spacial score (nSPS) is 13.1. The van der Waals surface area contributed by atoms with Crippen molar-refractivity contribution in [3.05, 3.63) is 52.1 Å². The Labute approximate surface area is 251 Å². The predicted molar refractivity (Wildman–Crippen MR) is 169 cm³/mol. The lowest BCUT2D eigenvalue weighted by Crippen LogP contribution is -2.36. The van der Waals surface area contributed by atoms with Gasteiger partial charge < -0.3 is 15.3 Å². The number of carbonyl (C=O) groups is 2. The Morgan fingerprint density at radius 2 is 1.69 bits per heavy atom. The van der Waals surface area contributed by atoms with Crippen LogP contribution in [0.3, 0.4) is 0 Å². The zero-order valence-corrected chi connectivity index (χ0v) is 26.8. The number of para-hydroxylation sites is 1. The fourth-order valence-electron chi connectivity index (χ4n) is 5.81. The van der Waals surface area contributed by atoms with Crippen molar-refractivity contribution in [3.63, 3.8) is 0 Å². The van der Waals surface area contributed by atoms with Crippen LogP contribution in [0.15, 0.2) is 24.3 Å². The maximum absolute atomic E-state index is 12.8. The van der Waals surface area contributed by atoms with Gasteiger partial charge in [-0.1, -0.05) is 65.0 Å². The number of phenolic OH excluding ortho intramolecular Hbond substituents is 1. The molecule has 1 heterocycles. The molecule has 2 aromatic rings. The Balaban J connectivity index is 1.92. The molecule has 0 bridgehead atoms. The van der Waals surface area contributed by atoms with Gasteiger partial charge in [-0.2, -0.15) is 8.42 Å². The number of phenols is 1. The minimum atomic E-state index is -4.10. The number of anilines is 2. The SMILES string of the molecule is CCCCCCCCN1CCc2c(C)c(NS(=O)(=O)NC(C)=O)c(C)c(CC(C)(C)CNC(=O)c3ccccc3O)c21. The van der Waals surface area contributed by atoms with E-state index in [0.29, 0.717) is 18.7 Å². The number of amides is 2. The molecule has 0 saturated heterocycles. The number of fused-ring (bicyclic) bond motifs is 1. The zero-order chi connectivity index (χ0) is 31.1. The van der Waals surface area contributed by atoms with Crippen molar-refractivity contribution in [1.82, 2.24) is 10.0 Å². The van der Waals surface area contributed by atoms with Gasteiger partial charge in [0.1, 0.15) is 5.75 Å². The first kappa shape index (κ1) is 33.2. The lowest BCUT2D eigenvalue weighted by Gasteiger charge is -2.32. The van der Waals surface area contributed by atoms with Crippen molar-refractivity contribution in [2.75, 3.05) is 29.3 Å². The van der Waals surface area contributed by atoms with Gasteiger partial charge in [-0.3, -0.25) is 14.3 Å². The first-order valence-electron chi connectivity index (χ1n) is 15.0. The Hall–Kier alpha value is -3.27. The van der Waals surface area contributed by atoms with Crippen molar-refractivity contribution in [1.29, 1.82) is 0 Å². The summed E-state index contributed by atoms with van der Waals surface area (Å²) in [5.74, 6) is -1.08. The summed E-state index contributed by atoms with van der Waals surface area (Å²) in [6, 6.07) is 6.45. The van der Waals surface area contributed by atoms with Crippen LogP contribution >= 0.6 is 0 Å². The van der Waals surface area contributed by atoms with Crippen LogP contribution in [-0.2, 0) is 27.8 Å². The van der Waals surface area contributed by atoms with E-state index in [1.807, 2.05) is 18.6 Å². The van der Waals surface area contributed by atoms with Gasteiger partial charge in [-0.05, 0) is 72.9 Å². The third-order valence-corrected chi connectivity index (χ3v) is 9.03. The molecule has 0 spiro atoms. The van der Waals surface area contributed by atoms with Crippen molar-refractivity contribution in [3.8, 4) is 5.75 Å². The molecule has 4 N–H and O–H groups in total. The summed E-state index contributed by atoms with van der Waals surface area (Å²) in [7, 11) is -4.10. The van der Waals surface area contributed by atoms with Crippen molar-refractivity contribution in [2.24, 2.45) is 5.41 Å². The van der Waals surface area contributed by atoms with Crippen LogP contribution in [0.2, 0.25) is 0 Å². The van der Waals surface area contributed by atoms with Gasteiger partial charge >= 0.3 is 10.2 Å². The van der Waals surface area contributed by atoms with Crippen LogP contribution in [0.4, 0.5) is 11.4 Å². The van der Waals surface area contributed by atoms with Crippen molar-refractivity contribution < 1.29 is 23.1 Å². The summed E-state index contributed by atoms with van der Waals surface area (Å²) in [5, 5.41) is 13.1. The van der Waals surface area contributed by atoms with Gasteiger partial charge in [-0.25, -0.2) is 4.72 Å². The number of nitrogens with zero attached hydrogens (tertiary/aromatic N) is 1. The Kier molecular flexibility index (Phi) is 11.3. The zero-order valence-electron chi connectivity index (χ0n) is 26.0. The maximum Gasteiger partial charge on any atom is 0.323 e. The summed E-state index contributed by atoms with van der Waals surface area (Å²) >= 11 is 0. The number of benzene rings is 2. The third kappa shape index (κ3) is 8.63. The van der Waals surface area contributed by atoms with Crippen LogP contribution in [0, 0.1) is 19.3 Å². The lowest BCUT2D eigenvalue weighted by atomic mass is 9.81. The minimum Gasteiger partial charge on any atom is -0.507 e. The fraction of sp³-hybridized carbons (Fsp3) is 0.562. The summed E-state index contributed by atoms with van der Waals surface area (Å²) < 4.78 is 30.1. The van der Waals surface area contributed by atoms with Crippen LogP contribution < -0.4 is 19.7 Å². The number of unbranched alkanes of at least 4 members (excludes halogenated alkanes) is 5. The number of rotatable bonds is 15. The topological polar surface area (TPSA) is 128 Å². The second-order valence-corrected chi connectivity index (χ2v) is 13.7. The van der Waals surface area contributed by atoms with Gasteiger partial charge in [0.2, 0.25) is 5.91 Å². The third-order valence-electron chi connectivity index (χ3n) is 8.00. The molecule has 10 heteroatoms. The molecule has 0 unspecified atom stereocenters. The standard InChI is InChI=1S/C32H48N4O5S/c1-7-8-9-10-11-14-18-36-19-17-25-22(2)29(35-42(40,41)34-24(4)37)23(3)27(30(25)36)20-32(5,6)21-33-31(39)26-15-12-13-16-28(26)38/h12-13,15-16,35,38H,7-11,14,17-21H2,1-6H3,(H,33,39)(H,34,37). The maximum atomic E-state index is 12.8. The molecule has 0 atom stereocenters. The van der Waals surface area contributed by atoms with E-state index in [2.05, 4.69) is 35.7 Å². The van der Waals surface area contributed by atoms with Crippen LogP contribution in [0.5, 0.6) is 5.75 Å². The molecule has 2 amide bonds. The fourth-order valence-corrected chi connectivity index (χ4v) is 6.82. The van der Waals surface area contributed by atoms with Gasteiger partial charge in [0.15, 0.2) is 0 Å². The average molecular weight is 601 g/mol. The molecular weight excluding hydrogens is 552 g/mol. The highest BCUT2D eigenvalue weighted by molar-refractivity contribution is 7.91. The van der Waals surface area contributed by atoms with Crippen LogP contribution in [0.25, 0.3) is 0 Å². The van der Waals surface area contributed by atoms with Gasteiger partial charge in [0.25, 0.3) is 5.91 Å². The molecule has 232 valence electrons. The molecule has 0 aromatic heterocycles. The van der Waals surface area contributed by atoms with Crippen molar-refractivity contribution >= 4 is 33.4 Å². The lowest BCUT2D eigenvalue weighted by molar-refractivity contribution is -0.117. The molecule has 1 aliphatic heterocycles. The van der Waals surface area contributed by atoms with Gasteiger partial charge in [0.05, 0.1) is 11.3 Å². The molecule has 0 fully saturated rings. The highest BCUT2D eigenvalue weighted by Crippen LogP contribution is 2.44. The second kappa shape index (κ2) is 14.3. The Morgan fingerprint density at radius 1 is 1.02 bits per heavy atom. The number of hydrogen-bond donors (Lipinski definition) is 4. The summed E-state index contributed by atoms with van der Waals surface area (Å²) in [4.78, 5) is 26.8. The highest BCUT2D eigenvalue weighted by atomic mass is 32.2. The molecular formula is C32H48N4O5S. The summed E-state index contributed by atoms with van der Waals surface area (Å²) in [5.41, 5.74) is 5.34. The number of hydrogen-bond acceptors (Lipinski definition) is 6. The molecule has 0 radical (unpaired) electrons. The second-order valence-electron chi connectivity index (χ2n) is 12.2. The molecule has 0 saturated carbocycles. The molecule has 2 aromatic carbocycles. The monoisotopic (exact) mass is 600 g/mol. The van der Waals surface area contributed by atoms with Gasteiger partial charge in [-0.15, -0.1) is 0 Å².